The first-order chi connectivity index (χ1) is 5.93. The second-order valence-corrected chi connectivity index (χ2v) is 3.45. The number of hydrogen-bond donors (Lipinski definition) is 3. The highest BCUT2D eigenvalue weighted by Crippen LogP contribution is 2.04. The molecule has 4 N–H and O–H groups in total. The van der Waals surface area contributed by atoms with Crippen LogP contribution in [-0.4, -0.2) is 25.8 Å². The van der Waals surface area contributed by atoms with Gasteiger partial charge in [-0.2, -0.15) is 0 Å². The number of piperidine rings is 1. The zero-order chi connectivity index (χ0) is 8.65. The van der Waals surface area contributed by atoms with Gasteiger partial charge in [0.15, 0.2) is 0 Å². The van der Waals surface area contributed by atoms with Crippen LogP contribution in [0.2, 0.25) is 0 Å². The highest BCUT2D eigenvalue weighted by atomic mass is 15.1. The molecule has 1 saturated heterocycles. The second kappa shape index (κ2) is 6.40. The van der Waals surface area contributed by atoms with E-state index in [0.29, 0.717) is 6.17 Å². The fraction of sp³-hybridized carbons (Fsp3) is 1.00. The monoisotopic (exact) mass is 171 g/mol. The Morgan fingerprint density at radius 2 is 2.25 bits per heavy atom. The van der Waals surface area contributed by atoms with Gasteiger partial charge in [0.1, 0.15) is 0 Å². The number of unbranched alkanes of at least 4 members (excludes halogenated alkanes) is 1. The Morgan fingerprint density at radius 1 is 1.33 bits per heavy atom. The molecule has 0 radical (unpaired) electrons. The molecule has 3 nitrogen and oxygen atoms in total. The van der Waals surface area contributed by atoms with E-state index in [0.717, 1.165) is 19.5 Å². The molecule has 1 atom stereocenters. The van der Waals surface area contributed by atoms with Crippen LogP contribution in [0.5, 0.6) is 0 Å². The molecule has 0 aromatic carbocycles. The smallest absolute Gasteiger partial charge is 0.0571 e. The van der Waals surface area contributed by atoms with E-state index in [1.807, 2.05) is 0 Å². The third-order valence-corrected chi connectivity index (χ3v) is 2.33. The molecular weight excluding hydrogens is 150 g/mol. The maximum absolute atomic E-state index is 5.40. The van der Waals surface area contributed by atoms with Gasteiger partial charge in [0, 0.05) is 0 Å². The van der Waals surface area contributed by atoms with Crippen LogP contribution >= 0.6 is 0 Å². The summed E-state index contributed by atoms with van der Waals surface area (Å²) in [5.41, 5.74) is 5.40. The number of rotatable bonds is 5. The van der Waals surface area contributed by atoms with Crippen LogP contribution in [-0.2, 0) is 0 Å². The number of hydrogen-bond acceptors (Lipinski definition) is 3. The summed E-state index contributed by atoms with van der Waals surface area (Å²) in [6, 6.07) is 0. The van der Waals surface area contributed by atoms with Crippen molar-refractivity contribution in [1.29, 1.82) is 0 Å². The van der Waals surface area contributed by atoms with Crippen LogP contribution in [0.25, 0.3) is 0 Å². The summed E-state index contributed by atoms with van der Waals surface area (Å²) in [6.07, 6.45) is 6.89. The van der Waals surface area contributed by atoms with Crippen LogP contribution in [0.1, 0.15) is 32.1 Å². The topological polar surface area (TPSA) is 50.1 Å². The van der Waals surface area contributed by atoms with E-state index in [2.05, 4.69) is 10.6 Å². The second-order valence-electron chi connectivity index (χ2n) is 3.45. The van der Waals surface area contributed by atoms with Gasteiger partial charge in [-0.3, -0.25) is 0 Å². The van der Waals surface area contributed by atoms with Crippen LogP contribution < -0.4 is 16.4 Å². The molecule has 1 unspecified atom stereocenters. The molecule has 0 saturated carbocycles. The highest BCUT2D eigenvalue weighted by Gasteiger charge is 2.09. The van der Waals surface area contributed by atoms with E-state index >= 15 is 0 Å². The van der Waals surface area contributed by atoms with Gasteiger partial charge in [-0.15, -0.1) is 0 Å². The van der Waals surface area contributed by atoms with Crippen LogP contribution in [0.4, 0.5) is 0 Å². The van der Waals surface area contributed by atoms with E-state index in [1.54, 1.807) is 0 Å². The normalized spacial score (nSPS) is 24.2. The van der Waals surface area contributed by atoms with Crippen molar-refractivity contribution in [2.75, 3.05) is 19.6 Å². The molecule has 3 heteroatoms. The van der Waals surface area contributed by atoms with E-state index < -0.39 is 0 Å². The minimum Gasteiger partial charge on any atom is -0.330 e. The predicted molar refractivity (Wildman–Crippen MR) is 51.9 cm³/mol. The summed E-state index contributed by atoms with van der Waals surface area (Å²) >= 11 is 0. The summed E-state index contributed by atoms with van der Waals surface area (Å²) in [5, 5.41) is 6.94. The van der Waals surface area contributed by atoms with Gasteiger partial charge < -0.3 is 16.4 Å². The van der Waals surface area contributed by atoms with E-state index in [9.17, 15) is 0 Å². The van der Waals surface area contributed by atoms with Gasteiger partial charge in [0.25, 0.3) is 0 Å². The quantitative estimate of drug-likeness (QED) is 0.525. The lowest BCUT2D eigenvalue weighted by Gasteiger charge is -2.24. The maximum Gasteiger partial charge on any atom is 0.0571 e. The average molecular weight is 171 g/mol. The van der Waals surface area contributed by atoms with Crippen molar-refractivity contribution in [1.82, 2.24) is 10.6 Å². The Bertz CT molecular complexity index is 99.9. The van der Waals surface area contributed by atoms with Crippen molar-refractivity contribution in [3.63, 3.8) is 0 Å². The molecule has 72 valence electrons. The third-order valence-electron chi connectivity index (χ3n) is 2.33. The molecule has 1 aliphatic rings. The standard InChI is InChI=1S/C9H21N3/c10-6-2-4-8-12-9-5-1-3-7-11-9/h9,11-12H,1-8,10H2. The Kier molecular flexibility index (Phi) is 5.32. The minimum absolute atomic E-state index is 0.566. The van der Waals surface area contributed by atoms with Gasteiger partial charge in [0.05, 0.1) is 6.17 Å². The molecule has 0 aliphatic carbocycles. The summed E-state index contributed by atoms with van der Waals surface area (Å²) in [4.78, 5) is 0. The SMILES string of the molecule is NCCCCNC1CCCCN1. The maximum atomic E-state index is 5.40. The number of nitrogens with one attached hydrogen (secondary N) is 2. The van der Waals surface area contributed by atoms with Crippen molar-refractivity contribution in [2.45, 2.75) is 38.3 Å². The molecule has 12 heavy (non-hydrogen) atoms. The van der Waals surface area contributed by atoms with Crippen molar-refractivity contribution in [3.8, 4) is 0 Å². The van der Waals surface area contributed by atoms with Crippen molar-refractivity contribution in [2.24, 2.45) is 5.73 Å². The molecule has 1 rings (SSSR count). The van der Waals surface area contributed by atoms with Gasteiger partial charge in [-0.1, -0.05) is 0 Å². The molecule has 0 aromatic rings. The molecular formula is C9H21N3. The Labute approximate surface area is 75.1 Å². The fourth-order valence-electron chi connectivity index (χ4n) is 1.57. The first-order valence-electron chi connectivity index (χ1n) is 5.10. The van der Waals surface area contributed by atoms with Gasteiger partial charge >= 0.3 is 0 Å². The van der Waals surface area contributed by atoms with Crippen LogP contribution in [0.3, 0.4) is 0 Å². The zero-order valence-electron chi connectivity index (χ0n) is 7.81. The summed E-state index contributed by atoms with van der Waals surface area (Å²) in [6.45, 7) is 3.10. The Hall–Kier alpha value is -0.120. The fourth-order valence-corrected chi connectivity index (χ4v) is 1.57. The largest absolute Gasteiger partial charge is 0.330 e. The highest BCUT2D eigenvalue weighted by molar-refractivity contribution is 4.69. The van der Waals surface area contributed by atoms with E-state index in [1.165, 1.54) is 32.2 Å². The molecule has 0 amide bonds. The Balaban J connectivity index is 1.91. The molecule has 1 fully saturated rings. The first kappa shape index (κ1) is 9.96. The van der Waals surface area contributed by atoms with Crippen molar-refractivity contribution in [3.05, 3.63) is 0 Å². The lowest BCUT2D eigenvalue weighted by Crippen LogP contribution is -2.45. The van der Waals surface area contributed by atoms with E-state index in [-0.39, 0.29) is 0 Å². The molecule has 1 heterocycles. The molecule has 0 bridgehead atoms. The minimum atomic E-state index is 0.566. The summed E-state index contributed by atoms with van der Waals surface area (Å²) in [7, 11) is 0. The molecule has 0 spiro atoms. The third kappa shape index (κ3) is 4.04. The molecule has 0 aromatic heterocycles. The van der Waals surface area contributed by atoms with Crippen molar-refractivity contribution < 1.29 is 0 Å². The lowest BCUT2D eigenvalue weighted by atomic mass is 10.1. The van der Waals surface area contributed by atoms with Crippen LogP contribution in [0, 0.1) is 0 Å². The predicted octanol–water partition coefficient (Wildman–Crippen LogP) is 0.414. The first-order valence-corrected chi connectivity index (χ1v) is 5.10. The summed E-state index contributed by atoms with van der Waals surface area (Å²) < 4.78 is 0. The van der Waals surface area contributed by atoms with Gasteiger partial charge in [-0.05, 0) is 51.7 Å². The molecule has 1 aliphatic heterocycles. The zero-order valence-corrected chi connectivity index (χ0v) is 7.81. The van der Waals surface area contributed by atoms with Crippen molar-refractivity contribution >= 4 is 0 Å². The number of nitrogens with two attached hydrogens (primary N) is 1. The Morgan fingerprint density at radius 3 is 2.92 bits per heavy atom. The van der Waals surface area contributed by atoms with Crippen LogP contribution in [0.15, 0.2) is 0 Å². The van der Waals surface area contributed by atoms with Gasteiger partial charge in [-0.25, -0.2) is 0 Å². The average Bonchev–Trinajstić information content (AvgIpc) is 2.14. The summed E-state index contributed by atoms with van der Waals surface area (Å²) in [5.74, 6) is 0. The lowest BCUT2D eigenvalue weighted by molar-refractivity contribution is 0.342. The van der Waals surface area contributed by atoms with E-state index in [4.69, 9.17) is 5.73 Å². The van der Waals surface area contributed by atoms with Gasteiger partial charge in [0.2, 0.25) is 0 Å².